The molecule has 0 spiro atoms. The van der Waals surface area contributed by atoms with Crippen LogP contribution < -0.4 is 0 Å². The highest BCUT2D eigenvalue weighted by Crippen LogP contribution is 2.10. The molecule has 84 valence electrons. The molecule has 0 amide bonds. The number of aliphatic hydroxyl groups is 1. The summed E-state index contributed by atoms with van der Waals surface area (Å²) < 4.78 is 4.47. The van der Waals surface area contributed by atoms with Gasteiger partial charge in [-0.1, -0.05) is 17.9 Å². The lowest BCUT2D eigenvalue weighted by atomic mass is 10.1. The first kappa shape index (κ1) is 12.3. The van der Waals surface area contributed by atoms with Crippen molar-refractivity contribution in [2.75, 3.05) is 7.11 Å². The number of carbonyl (C=O) groups excluding carboxylic acids is 1. The van der Waals surface area contributed by atoms with Gasteiger partial charge in [-0.25, -0.2) is 0 Å². The first-order chi connectivity index (χ1) is 7.67. The third kappa shape index (κ3) is 3.41. The first-order valence-electron chi connectivity index (χ1n) is 4.93. The van der Waals surface area contributed by atoms with Crippen molar-refractivity contribution >= 4 is 5.97 Å². The van der Waals surface area contributed by atoms with Crippen molar-refractivity contribution in [3.63, 3.8) is 0 Å². The maximum atomic E-state index is 10.8. The summed E-state index contributed by atoms with van der Waals surface area (Å²) in [5, 5.41) is 8.99. The predicted octanol–water partition coefficient (Wildman–Crippen LogP) is 1.40. The molecule has 0 heterocycles. The summed E-state index contributed by atoms with van der Waals surface area (Å²) in [6.07, 6.45) is 0.0945. The van der Waals surface area contributed by atoms with Gasteiger partial charge >= 0.3 is 5.97 Å². The number of benzene rings is 1. The Morgan fingerprint density at radius 2 is 2.25 bits per heavy atom. The highest BCUT2D eigenvalue weighted by molar-refractivity contribution is 5.72. The maximum absolute atomic E-state index is 10.8. The summed E-state index contributed by atoms with van der Waals surface area (Å²) >= 11 is 0. The van der Waals surface area contributed by atoms with Gasteiger partial charge in [0.15, 0.2) is 0 Å². The van der Waals surface area contributed by atoms with Crippen molar-refractivity contribution in [1.82, 2.24) is 0 Å². The number of esters is 1. The zero-order valence-corrected chi connectivity index (χ0v) is 9.41. The van der Waals surface area contributed by atoms with Crippen LogP contribution in [0.1, 0.15) is 23.1 Å². The van der Waals surface area contributed by atoms with Gasteiger partial charge in [0, 0.05) is 5.56 Å². The first-order valence-corrected chi connectivity index (χ1v) is 4.93. The van der Waals surface area contributed by atoms with Gasteiger partial charge in [0.05, 0.1) is 13.7 Å². The van der Waals surface area contributed by atoms with Gasteiger partial charge in [0.1, 0.15) is 6.42 Å². The van der Waals surface area contributed by atoms with E-state index in [1.165, 1.54) is 7.11 Å². The molecule has 0 aliphatic heterocycles. The summed E-state index contributed by atoms with van der Waals surface area (Å²) in [7, 11) is 1.34. The van der Waals surface area contributed by atoms with Crippen LogP contribution in [0.2, 0.25) is 0 Å². The molecule has 0 aliphatic carbocycles. The molecule has 0 unspecified atom stereocenters. The minimum Gasteiger partial charge on any atom is -0.468 e. The summed E-state index contributed by atoms with van der Waals surface area (Å²) in [5.41, 5.74) is 2.71. The van der Waals surface area contributed by atoms with Crippen LogP contribution in [0.5, 0.6) is 0 Å². The van der Waals surface area contributed by atoms with E-state index in [1.54, 1.807) is 0 Å². The Morgan fingerprint density at radius 3 is 2.81 bits per heavy atom. The zero-order chi connectivity index (χ0) is 12.0. The van der Waals surface area contributed by atoms with Crippen molar-refractivity contribution in [2.24, 2.45) is 0 Å². The molecule has 0 radical (unpaired) electrons. The Labute approximate surface area is 95.1 Å². The molecule has 3 nitrogen and oxygen atoms in total. The molecule has 0 aromatic heterocycles. The quantitative estimate of drug-likeness (QED) is 0.603. The van der Waals surface area contributed by atoms with Gasteiger partial charge in [-0.3, -0.25) is 4.79 Å². The number of methoxy groups -OCH3 is 1. The number of carbonyl (C=O) groups is 1. The lowest BCUT2D eigenvalue weighted by molar-refractivity contribution is -0.139. The SMILES string of the molecule is COC(=O)CC#Cc1ccc(CO)c(C)c1. The number of aliphatic hydroxyl groups excluding tert-OH is 1. The fourth-order valence-electron chi connectivity index (χ4n) is 1.24. The van der Waals surface area contributed by atoms with Crippen LogP contribution in [-0.4, -0.2) is 18.2 Å². The Bertz CT molecular complexity index is 438. The standard InChI is InChI=1S/C13H14O3/c1-10-8-11(6-7-12(10)9-14)4-3-5-13(15)16-2/h6-8,14H,5,9H2,1-2H3. The predicted molar refractivity (Wildman–Crippen MR) is 60.6 cm³/mol. The molecule has 1 aromatic rings. The van der Waals surface area contributed by atoms with E-state index in [4.69, 9.17) is 5.11 Å². The molecule has 0 bridgehead atoms. The molecular formula is C13H14O3. The lowest BCUT2D eigenvalue weighted by Gasteiger charge is -2.01. The molecule has 0 atom stereocenters. The van der Waals surface area contributed by atoms with Crippen LogP contribution >= 0.6 is 0 Å². The third-order valence-electron chi connectivity index (χ3n) is 2.21. The van der Waals surface area contributed by atoms with Crippen molar-refractivity contribution in [3.05, 3.63) is 34.9 Å². The Balaban J connectivity index is 2.75. The van der Waals surface area contributed by atoms with Crippen molar-refractivity contribution in [1.29, 1.82) is 0 Å². The Morgan fingerprint density at radius 1 is 1.50 bits per heavy atom. The van der Waals surface area contributed by atoms with Crippen LogP contribution in [0.25, 0.3) is 0 Å². The second kappa shape index (κ2) is 5.94. The summed E-state index contributed by atoms with van der Waals surface area (Å²) in [5.74, 6) is 5.26. The highest BCUT2D eigenvalue weighted by Gasteiger charge is 1.97. The third-order valence-corrected chi connectivity index (χ3v) is 2.21. The largest absolute Gasteiger partial charge is 0.468 e. The van der Waals surface area contributed by atoms with Crippen molar-refractivity contribution < 1.29 is 14.6 Å². The summed E-state index contributed by atoms with van der Waals surface area (Å²) in [4.78, 5) is 10.8. The van der Waals surface area contributed by atoms with Crippen LogP contribution in [0.15, 0.2) is 18.2 Å². The second-order valence-corrected chi connectivity index (χ2v) is 3.35. The summed E-state index contributed by atoms with van der Waals surface area (Å²) in [6, 6.07) is 5.54. The van der Waals surface area contributed by atoms with E-state index in [9.17, 15) is 4.79 Å². The van der Waals surface area contributed by atoms with E-state index in [0.717, 1.165) is 16.7 Å². The fourth-order valence-corrected chi connectivity index (χ4v) is 1.24. The van der Waals surface area contributed by atoms with Crippen LogP contribution in [0.3, 0.4) is 0 Å². The molecule has 3 heteroatoms. The molecule has 1 N–H and O–H groups in total. The van der Waals surface area contributed by atoms with Crippen LogP contribution in [-0.2, 0) is 16.1 Å². The molecule has 0 aliphatic rings. The van der Waals surface area contributed by atoms with E-state index in [2.05, 4.69) is 16.6 Å². The maximum Gasteiger partial charge on any atom is 0.317 e. The van der Waals surface area contributed by atoms with E-state index in [-0.39, 0.29) is 19.0 Å². The fraction of sp³-hybridized carbons (Fsp3) is 0.308. The number of aryl methyl sites for hydroxylation is 1. The molecule has 16 heavy (non-hydrogen) atoms. The van der Waals surface area contributed by atoms with Gasteiger partial charge in [-0.15, -0.1) is 0 Å². The molecular weight excluding hydrogens is 204 g/mol. The van der Waals surface area contributed by atoms with Crippen molar-refractivity contribution in [3.8, 4) is 11.8 Å². The number of rotatable bonds is 2. The Hall–Kier alpha value is -1.79. The van der Waals surface area contributed by atoms with Gasteiger partial charge in [0.25, 0.3) is 0 Å². The van der Waals surface area contributed by atoms with E-state index in [0.29, 0.717) is 0 Å². The highest BCUT2D eigenvalue weighted by atomic mass is 16.5. The van der Waals surface area contributed by atoms with E-state index in [1.807, 2.05) is 25.1 Å². The molecule has 1 aromatic carbocycles. The Kier molecular flexibility index (Phi) is 4.56. The molecule has 0 saturated heterocycles. The van der Waals surface area contributed by atoms with Gasteiger partial charge in [-0.05, 0) is 30.2 Å². The molecule has 0 saturated carbocycles. The van der Waals surface area contributed by atoms with E-state index >= 15 is 0 Å². The average molecular weight is 218 g/mol. The summed E-state index contributed by atoms with van der Waals surface area (Å²) in [6.45, 7) is 1.94. The molecule has 1 rings (SSSR count). The minimum absolute atomic E-state index is 0.0295. The second-order valence-electron chi connectivity index (χ2n) is 3.35. The monoisotopic (exact) mass is 218 g/mol. The van der Waals surface area contributed by atoms with E-state index < -0.39 is 0 Å². The molecule has 0 fully saturated rings. The smallest absolute Gasteiger partial charge is 0.317 e. The average Bonchev–Trinajstić information content (AvgIpc) is 2.29. The lowest BCUT2D eigenvalue weighted by Crippen LogP contribution is -1.97. The number of hydrogen-bond donors (Lipinski definition) is 1. The van der Waals surface area contributed by atoms with Gasteiger partial charge in [0.2, 0.25) is 0 Å². The minimum atomic E-state index is -0.337. The number of hydrogen-bond acceptors (Lipinski definition) is 3. The van der Waals surface area contributed by atoms with Crippen LogP contribution in [0, 0.1) is 18.8 Å². The van der Waals surface area contributed by atoms with Crippen molar-refractivity contribution in [2.45, 2.75) is 20.0 Å². The van der Waals surface area contributed by atoms with Gasteiger partial charge < -0.3 is 9.84 Å². The van der Waals surface area contributed by atoms with Gasteiger partial charge in [-0.2, -0.15) is 0 Å². The topological polar surface area (TPSA) is 46.5 Å². The normalized spacial score (nSPS) is 9.19. The van der Waals surface area contributed by atoms with Crippen LogP contribution in [0.4, 0.5) is 0 Å². The number of ether oxygens (including phenoxy) is 1. The zero-order valence-electron chi connectivity index (χ0n) is 9.41.